The number of carbonyl (C=O) groups excluding carboxylic acids is 1. The van der Waals surface area contributed by atoms with Crippen LogP contribution in [0.15, 0.2) is 30.3 Å². The lowest BCUT2D eigenvalue weighted by atomic mass is 9.71. The summed E-state index contributed by atoms with van der Waals surface area (Å²) in [6.07, 6.45) is 9.82. The zero-order valence-electron chi connectivity index (χ0n) is 20.3. The van der Waals surface area contributed by atoms with E-state index in [1.165, 1.54) is 12.1 Å². The fourth-order valence-corrected chi connectivity index (χ4v) is 6.43. The second kappa shape index (κ2) is 10.3. The molecule has 0 radical (unpaired) electrons. The fraction of sp³-hybridized carbons (Fsp3) is 0.536. The molecule has 2 aliphatic carbocycles. The summed E-state index contributed by atoms with van der Waals surface area (Å²) in [7, 11) is 0. The number of hydrogen-bond donors (Lipinski definition) is 3. The summed E-state index contributed by atoms with van der Waals surface area (Å²) < 4.78 is 56.9. The maximum absolute atomic E-state index is 14.9. The van der Waals surface area contributed by atoms with Crippen molar-refractivity contribution in [1.29, 1.82) is 0 Å². The summed E-state index contributed by atoms with van der Waals surface area (Å²) in [5, 5.41) is 9.82. The highest BCUT2D eigenvalue weighted by atomic mass is 19.2. The van der Waals surface area contributed by atoms with E-state index >= 15 is 0 Å². The van der Waals surface area contributed by atoms with Crippen LogP contribution in [0, 0.1) is 35.1 Å². The van der Waals surface area contributed by atoms with Crippen molar-refractivity contribution in [2.45, 2.75) is 82.3 Å². The van der Waals surface area contributed by atoms with Gasteiger partial charge in [0.25, 0.3) is 0 Å². The predicted molar refractivity (Wildman–Crippen MR) is 131 cm³/mol. The van der Waals surface area contributed by atoms with Gasteiger partial charge in [-0.05, 0) is 43.2 Å². The maximum Gasteiger partial charge on any atom is 0.227 e. The zero-order valence-corrected chi connectivity index (χ0v) is 20.3. The molecule has 5 rings (SSSR count). The van der Waals surface area contributed by atoms with Crippen LogP contribution in [0.2, 0.25) is 0 Å². The second-order valence-electron chi connectivity index (χ2n) is 10.7. The molecule has 1 unspecified atom stereocenters. The lowest BCUT2D eigenvalue weighted by molar-refractivity contribution is -0.130. The van der Waals surface area contributed by atoms with E-state index in [9.17, 15) is 22.4 Å². The molecular formula is C28H33F4N3O. The molecule has 0 bridgehead atoms. The SMILES string of the molecule is O=C(NC1CCCCC1)C(C1CCCCC1)C1(Cc2ccc(F)cc2F)Nc2cc(F)c(F)cc2N1. The third-order valence-corrected chi connectivity index (χ3v) is 8.15. The van der Waals surface area contributed by atoms with Crippen LogP contribution in [0.3, 0.4) is 0 Å². The minimum atomic E-state index is -1.23. The molecule has 2 fully saturated rings. The first-order chi connectivity index (χ1) is 17.3. The largest absolute Gasteiger partial charge is 0.360 e. The normalized spacial score (nSPS) is 20.8. The number of amides is 1. The summed E-state index contributed by atoms with van der Waals surface area (Å²) in [5.74, 6) is -4.20. The number of hydrogen-bond acceptors (Lipinski definition) is 3. The molecule has 8 heteroatoms. The molecule has 3 N–H and O–H groups in total. The van der Waals surface area contributed by atoms with Gasteiger partial charge in [0.2, 0.25) is 5.91 Å². The first kappa shape index (κ1) is 24.9. The minimum Gasteiger partial charge on any atom is -0.360 e. The minimum absolute atomic E-state index is 0.00369. The fourth-order valence-electron chi connectivity index (χ4n) is 6.43. The van der Waals surface area contributed by atoms with E-state index in [0.717, 1.165) is 82.4 Å². The topological polar surface area (TPSA) is 53.2 Å². The molecule has 2 aromatic rings. The number of rotatable bonds is 6. The van der Waals surface area contributed by atoms with Crippen LogP contribution >= 0.6 is 0 Å². The van der Waals surface area contributed by atoms with E-state index < -0.39 is 34.8 Å². The Morgan fingerprint density at radius 2 is 1.42 bits per heavy atom. The molecule has 2 aromatic carbocycles. The van der Waals surface area contributed by atoms with Crippen LogP contribution in [0.1, 0.15) is 69.8 Å². The van der Waals surface area contributed by atoms with Crippen LogP contribution < -0.4 is 16.0 Å². The Hall–Kier alpha value is -2.77. The van der Waals surface area contributed by atoms with Crippen molar-refractivity contribution in [3.8, 4) is 0 Å². The van der Waals surface area contributed by atoms with Gasteiger partial charge < -0.3 is 16.0 Å². The lowest BCUT2D eigenvalue weighted by Gasteiger charge is -2.44. The standard InChI is InChI=1S/C28H33F4N3O/c29-19-12-11-18(21(30)13-19)16-28(34-24-14-22(31)23(32)15-25(24)35-28)26(17-7-3-1-4-8-17)27(36)33-20-9-5-2-6-10-20/h11-15,17,20,26,34-35H,1-10,16H2,(H,33,36). The molecule has 4 nitrogen and oxygen atoms in total. The molecule has 36 heavy (non-hydrogen) atoms. The van der Waals surface area contributed by atoms with Crippen LogP contribution in [0.5, 0.6) is 0 Å². The Morgan fingerprint density at radius 3 is 2.00 bits per heavy atom. The first-order valence-electron chi connectivity index (χ1n) is 13.1. The van der Waals surface area contributed by atoms with Crippen LogP contribution in [0.4, 0.5) is 28.9 Å². The molecule has 0 saturated heterocycles. The molecular weight excluding hydrogens is 470 g/mol. The summed E-state index contributed by atoms with van der Waals surface area (Å²) >= 11 is 0. The summed E-state index contributed by atoms with van der Waals surface area (Å²) in [6, 6.07) is 5.59. The highest BCUT2D eigenvalue weighted by Crippen LogP contribution is 2.46. The van der Waals surface area contributed by atoms with E-state index in [2.05, 4.69) is 16.0 Å². The summed E-state index contributed by atoms with van der Waals surface area (Å²) in [5.41, 5.74) is -0.371. The highest BCUT2D eigenvalue weighted by Gasteiger charge is 2.51. The predicted octanol–water partition coefficient (Wildman–Crippen LogP) is 6.66. The number of benzene rings is 2. The Balaban J connectivity index is 1.56. The van der Waals surface area contributed by atoms with Crippen LogP contribution in [0.25, 0.3) is 0 Å². The molecule has 2 saturated carbocycles. The van der Waals surface area contributed by atoms with Gasteiger partial charge in [0.05, 0.1) is 17.3 Å². The summed E-state index contributed by atoms with van der Waals surface area (Å²) in [4.78, 5) is 14.0. The van der Waals surface area contributed by atoms with Gasteiger partial charge in [0.1, 0.15) is 17.3 Å². The number of carbonyl (C=O) groups is 1. The maximum atomic E-state index is 14.9. The van der Waals surface area contributed by atoms with Gasteiger partial charge in [0.15, 0.2) is 11.6 Å². The van der Waals surface area contributed by atoms with Crippen molar-refractivity contribution in [2.75, 3.05) is 10.6 Å². The Kier molecular flexibility index (Phi) is 7.13. The number of fused-ring (bicyclic) bond motifs is 1. The zero-order chi connectivity index (χ0) is 25.3. The number of anilines is 2. The molecule has 1 aliphatic heterocycles. The number of halogens is 4. The van der Waals surface area contributed by atoms with Crippen molar-refractivity contribution in [2.24, 2.45) is 11.8 Å². The van der Waals surface area contributed by atoms with Gasteiger partial charge in [-0.1, -0.05) is 44.6 Å². The first-order valence-corrected chi connectivity index (χ1v) is 13.1. The van der Waals surface area contributed by atoms with Crippen molar-refractivity contribution in [3.63, 3.8) is 0 Å². The van der Waals surface area contributed by atoms with Crippen molar-refractivity contribution >= 4 is 17.3 Å². The van der Waals surface area contributed by atoms with E-state index in [1.54, 1.807) is 0 Å². The monoisotopic (exact) mass is 503 g/mol. The van der Waals surface area contributed by atoms with Crippen molar-refractivity contribution < 1.29 is 22.4 Å². The average Bonchev–Trinajstić information content (AvgIpc) is 3.19. The van der Waals surface area contributed by atoms with Gasteiger partial charge >= 0.3 is 0 Å². The van der Waals surface area contributed by atoms with E-state index in [0.29, 0.717) is 11.4 Å². The van der Waals surface area contributed by atoms with Crippen molar-refractivity contribution in [3.05, 3.63) is 59.2 Å². The third-order valence-electron chi connectivity index (χ3n) is 8.15. The molecule has 3 aliphatic rings. The quantitative estimate of drug-likeness (QED) is 0.386. The molecule has 194 valence electrons. The van der Waals surface area contributed by atoms with Gasteiger partial charge in [-0.25, -0.2) is 17.6 Å². The lowest BCUT2D eigenvalue weighted by Crippen LogP contribution is -2.60. The Bertz CT molecular complexity index is 1080. The molecule has 1 amide bonds. The van der Waals surface area contributed by atoms with E-state index in [1.807, 2.05) is 0 Å². The molecule has 1 heterocycles. The highest BCUT2D eigenvalue weighted by molar-refractivity contribution is 5.86. The van der Waals surface area contributed by atoms with Gasteiger partial charge in [0, 0.05) is 30.7 Å². The van der Waals surface area contributed by atoms with Gasteiger partial charge in [-0.3, -0.25) is 4.79 Å². The molecule has 0 aromatic heterocycles. The Labute approximate surface area is 209 Å². The summed E-state index contributed by atoms with van der Waals surface area (Å²) in [6.45, 7) is 0. The van der Waals surface area contributed by atoms with E-state index in [-0.39, 0.29) is 29.9 Å². The van der Waals surface area contributed by atoms with E-state index in [4.69, 9.17) is 0 Å². The number of nitrogens with one attached hydrogen (secondary N) is 3. The van der Waals surface area contributed by atoms with Crippen molar-refractivity contribution in [1.82, 2.24) is 5.32 Å². The molecule has 0 spiro atoms. The van der Waals surface area contributed by atoms with Crippen LogP contribution in [-0.4, -0.2) is 17.6 Å². The molecule has 1 atom stereocenters. The van der Waals surface area contributed by atoms with Crippen LogP contribution in [-0.2, 0) is 11.2 Å². The second-order valence-corrected chi connectivity index (χ2v) is 10.7. The average molecular weight is 504 g/mol. The Morgan fingerprint density at radius 1 is 0.833 bits per heavy atom. The van der Waals surface area contributed by atoms with Gasteiger partial charge in [-0.15, -0.1) is 0 Å². The van der Waals surface area contributed by atoms with Gasteiger partial charge in [-0.2, -0.15) is 0 Å². The third kappa shape index (κ3) is 5.04. The smallest absolute Gasteiger partial charge is 0.227 e.